The van der Waals surface area contributed by atoms with Crippen molar-refractivity contribution in [2.75, 3.05) is 0 Å². The van der Waals surface area contributed by atoms with Crippen LogP contribution in [0.5, 0.6) is 0 Å². The van der Waals surface area contributed by atoms with Crippen LogP contribution in [-0.4, -0.2) is 24.1 Å². The Morgan fingerprint density at radius 1 is 0.298 bits per heavy atom. The molecule has 0 fully saturated rings. The topological polar surface area (TPSA) is 48.5 Å². The van der Waals surface area contributed by atoms with Crippen LogP contribution >= 0.6 is 11.3 Å². The molecular formula is C51H31N5S. The van der Waals surface area contributed by atoms with Crippen LogP contribution in [0.1, 0.15) is 0 Å². The summed E-state index contributed by atoms with van der Waals surface area (Å²) in [5, 5.41) is 7.55. The Morgan fingerprint density at radius 3 is 1.39 bits per heavy atom. The van der Waals surface area contributed by atoms with E-state index in [0.717, 1.165) is 27.9 Å². The Morgan fingerprint density at radius 2 is 0.772 bits per heavy atom. The van der Waals surface area contributed by atoms with Gasteiger partial charge in [-0.05, 0) is 54.6 Å². The van der Waals surface area contributed by atoms with E-state index in [-0.39, 0.29) is 0 Å². The van der Waals surface area contributed by atoms with E-state index in [4.69, 9.17) is 15.0 Å². The summed E-state index contributed by atoms with van der Waals surface area (Å²) in [7, 11) is 0. The molecule has 5 nitrogen and oxygen atoms in total. The summed E-state index contributed by atoms with van der Waals surface area (Å²) < 4.78 is 7.32. The number of thiophene rings is 1. The number of fused-ring (bicyclic) bond motifs is 9. The molecule has 0 unspecified atom stereocenters. The van der Waals surface area contributed by atoms with E-state index in [9.17, 15) is 0 Å². The molecule has 0 amide bonds. The van der Waals surface area contributed by atoms with E-state index in [1.807, 2.05) is 72.0 Å². The predicted molar refractivity (Wildman–Crippen MR) is 238 cm³/mol. The molecule has 12 rings (SSSR count). The number of hydrogen-bond donors (Lipinski definition) is 0. The third-order valence-electron chi connectivity index (χ3n) is 11.1. The first-order valence-corrected chi connectivity index (χ1v) is 19.9. The van der Waals surface area contributed by atoms with Gasteiger partial charge in [0.05, 0.1) is 22.1 Å². The van der Waals surface area contributed by atoms with Gasteiger partial charge in [-0.15, -0.1) is 11.3 Å². The minimum absolute atomic E-state index is 0.635. The molecule has 266 valence electrons. The van der Waals surface area contributed by atoms with Gasteiger partial charge in [-0.1, -0.05) is 133 Å². The molecule has 57 heavy (non-hydrogen) atoms. The molecule has 0 radical (unpaired) electrons. The largest absolute Gasteiger partial charge is 0.309 e. The van der Waals surface area contributed by atoms with Crippen LogP contribution in [-0.2, 0) is 0 Å². The number of para-hydroxylation sites is 3. The summed E-state index contributed by atoms with van der Waals surface area (Å²) in [5.41, 5.74) is 9.82. The van der Waals surface area contributed by atoms with E-state index in [2.05, 4.69) is 137 Å². The van der Waals surface area contributed by atoms with Crippen LogP contribution in [0, 0.1) is 0 Å². The van der Waals surface area contributed by atoms with Crippen molar-refractivity contribution in [3.05, 3.63) is 188 Å². The maximum Gasteiger partial charge on any atom is 0.164 e. The Labute approximate surface area is 331 Å². The van der Waals surface area contributed by atoms with Gasteiger partial charge in [0.15, 0.2) is 17.5 Å². The zero-order chi connectivity index (χ0) is 37.5. The summed E-state index contributed by atoms with van der Waals surface area (Å²) in [6.45, 7) is 0. The summed E-state index contributed by atoms with van der Waals surface area (Å²) in [4.78, 5) is 15.0. The summed E-state index contributed by atoms with van der Waals surface area (Å²) >= 11 is 1.86. The van der Waals surface area contributed by atoms with Gasteiger partial charge in [0.2, 0.25) is 0 Å². The van der Waals surface area contributed by atoms with Gasteiger partial charge in [0.1, 0.15) is 0 Å². The second kappa shape index (κ2) is 12.6. The average Bonchev–Trinajstić information content (AvgIpc) is 3.93. The lowest BCUT2D eigenvalue weighted by atomic mass is 10.1. The molecular weight excluding hydrogens is 715 g/mol. The Hall–Kier alpha value is -7.41. The van der Waals surface area contributed by atoms with Gasteiger partial charge in [0, 0.05) is 69.8 Å². The van der Waals surface area contributed by atoms with Crippen LogP contribution in [0.15, 0.2) is 188 Å². The highest BCUT2D eigenvalue weighted by molar-refractivity contribution is 7.25. The van der Waals surface area contributed by atoms with Gasteiger partial charge in [-0.3, -0.25) is 0 Å². The molecule has 0 atom stereocenters. The second-order valence-corrected chi connectivity index (χ2v) is 15.5. The van der Waals surface area contributed by atoms with Gasteiger partial charge in [0.25, 0.3) is 0 Å². The Bertz CT molecular complexity index is 3410. The molecule has 0 bridgehead atoms. The summed E-state index contributed by atoms with van der Waals surface area (Å²) in [5.74, 6) is 1.93. The van der Waals surface area contributed by atoms with E-state index in [1.165, 1.54) is 64.0 Å². The molecule has 0 saturated carbocycles. The highest BCUT2D eigenvalue weighted by Gasteiger charge is 2.19. The fourth-order valence-corrected chi connectivity index (χ4v) is 9.72. The molecule has 0 aliphatic rings. The maximum absolute atomic E-state index is 5.04. The number of nitrogens with zero attached hydrogens (tertiary/aromatic N) is 5. The van der Waals surface area contributed by atoms with Gasteiger partial charge >= 0.3 is 0 Å². The van der Waals surface area contributed by atoms with Crippen LogP contribution in [0.3, 0.4) is 0 Å². The fourth-order valence-electron chi connectivity index (χ4n) is 8.57. The molecule has 0 saturated heterocycles. The van der Waals surface area contributed by atoms with Crippen molar-refractivity contribution in [3.63, 3.8) is 0 Å². The first-order valence-electron chi connectivity index (χ1n) is 19.1. The zero-order valence-electron chi connectivity index (χ0n) is 30.5. The quantitative estimate of drug-likeness (QED) is 0.176. The highest BCUT2D eigenvalue weighted by atomic mass is 32.1. The van der Waals surface area contributed by atoms with E-state index >= 15 is 0 Å². The first-order chi connectivity index (χ1) is 28.2. The standard InChI is InChI=1S/C51H31N5S/c1-3-14-32(15-4-1)49-52-50(33-16-5-2-6-17-33)54-51(53-49)34-18-13-19-35(28-34)56-45-25-12-9-22-39(45)41-30-42-40-27-26-36(29-47(40)57-48(42)31-46(41)56)55-43-23-10-7-20-37(43)38-21-8-11-24-44(38)55/h1-31H. The molecule has 6 heteroatoms. The zero-order valence-corrected chi connectivity index (χ0v) is 31.4. The Balaban J connectivity index is 1.03. The molecule has 0 N–H and O–H groups in total. The smallest absolute Gasteiger partial charge is 0.164 e. The monoisotopic (exact) mass is 745 g/mol. The van der Waals surface area contributed by atoms with Crippen LogP contribution in [0.4, 0.5) is 0 Å². The number of rotatable bonds is 5. The molecule has 8 aromatic carbocycles. The second-order valence-electron chi connectivity index (χ2n) is 14.5. The van der Waals surface area contributed by atoms with E-state index < -0.39 is 0 Å². The van der Waals surface area contributed by atoms with Crippen molar-refractivity contribution in [1.29, 1.82) is 0 Å². The van der Waals surface area contributed by atoms with Crippen LogP contribution in [0.2, 0.25) is 0 Å². The molecule has 0 aliphatic carbocycles. The average molecular weight is 746 g/mol. The minimum Gasteiger partial charge on any atom is -0.309 e. The van der Waals surface area contributed by atoms with Crippen molar-refractivity contribution in [1.82, 2.24) is 24.1 Å². The van der Waals surface area contributed by atoms with Crippen LogP contribution in [0.25, 0.3) is 109 Å². The maximum atomic E-state index is 5.04. The van der Waals surface area contributed by atoms with Gasteiger partial charge < -0.3 is 9.13 Å². The lowest BCUT2D eigenvalue weighted by Crippen LogP contribution is -2.01. The number of hydrogen-bond acceptors (Lipinski definition) is 4. The highest BCUT2D eigenvalue weighted by Crippen LogP contribution is 2.42. The predicted octanol–water partition coefficient (Wildman–Crippen LogP) is 13.4. The van der Waals surface area contributed by atoms with Crippen molar-refractivity contribution in [3.8, 4) is 45.5 Å². The molecule has 4 heterocycles. The molecule has 0 spiro atoms. The van der Waals surface area contributed by atoms with Crippen molar-refractivity contribution in [2.24, 2.45) is 0 Å². The normalized spacial score (nSPS) is 11.9. The molecule has 0 aliphatic heterocycles. The number of benzene rings is 8. The first kappa shape index (κ1) is 31.9. The van der Waals surface area contributed by atoms with Gasteiger partial charge in [-0.2, -0.15) is 0 Å². The lowest BCUT2D eigenvalue weighted by Gasteiger charge is -2.11. The lowest BCUT2D eigenvalue weighted by molar-refractivity contribution is 1.07. The van der Waals surface area contributed by atoms with Crippen molar-refractivity contribution >= 4 is 75.1 Å². The summed E-state index contributed by atoms with van der Waals surface area (Å²) in [6, 6.07) is 66.7. The molecule has 12 aromatic rings. The third kappa shape index (κ3) is 5.04. The van der Waals surface area contributed by atoms with E-state index in [0.29, 0.717) is 17.5 Å². The van der Waals surface area contributed by atoms with Gasteiger partial charge in [-0.25, -0.2) is 15.0 Å². The number of aromatic nitrogens is 5. The minimum atomic E-state index is 0.635. The molecule has 4 aromatic heterocycles. The van der Waals surface area contributed by atoms with Crippen LogP contribution < -0.4 is 0 Å². The van der Waals surface area contributed by atoms with E-state index in [1.54, 1.807) is 0 Å². The van der Waals surface area contributed by atoms with Crippen molar-refractivity contribution < 1.29 is 0 Å². The SMILES string of the molecule is c1ccc(-c2nc(-c3ccccc3)nc(-c3cccc(-n4c5ccccc5c5cc6c(cc54)sc4cc(-n5c7ccccc7c7ccccc75)ccc46)c3)n2)cc1. The summed E-state index contributed by atoms with van der Waals surface area (Å²) in [6.07, 6.45) is 0. The third-order valence-corrected chi connectivity index (χ3v) is 12.3. The Kier molecular flexibility index (Phi) is 7.03. The fraction of sp³-hybridized carbons (Fsp3) is 0. The van der Waals surface area contributed by atoms with Crippen molar-refractivity contribution in [2.45, 2.75) is 0 Å².